The zero-order chi connectivity index (χ0) is 15.5. The summed E-state index contributed by atoms with van der Waals surface area (Å²) in [7, 11) is 0. The molecule has 0 saturated carbocycles. The minimum absolute atomic E-state index is 0.236. The van der Waals surface area contributed by atoms with Gasteiger partial charge >= 0.3 is 18.0 Å². The number of nitrogens with one attached hydrogen (secondary N) is 3. The molecular formula is C11H19N3O6. The molecule has 0 aromatic heterocycles. The third-order valence-corrected chi connectivity index (χ3v) is 2.23. The lowest BCUT2D eigenvalue weighted by molar-refractivity contribution is -0.140. The van der Waals surface area contributed by atoms with Crippen LogP contribution in [0.5, 0.6) is 0 Å². The van der Waals surface area contributed by atoms with Crippen molar-refractivity contribution in [3.8, 4) is 0 Å². The van der Waals surface area contributed by atoms with Gasteiger partial charge in [-0.2, -0.15) is 0 Å². The van der Waals surface area contributed by atoms with Crippen molar-refractivity contribution in [3.05, 3.63) is 0 Å². The summed E-state index contributed by atoms with van der Waals surface area (Å²) < 4.78 is 0. The van der Waals surface area contributed by atoms with E-state index in [1.165, 1.54) is 0 Å². The van der Waals surface area contributed by atoms with Gasteiger partial charge in [-0.3, -0.25) is 9.59 Å². The Morgan fingerprint density at radius 2 is 1.75 bits per heavy atom. The Kier molecular flexibility index (Phi) is 8.48. The van der Waals surface area contributed by atoms with Crippen LogP contribution in [0.3, 0.4) is 0 Å². The first-order valence-corrected chi connectivity index (χ1v) is 6.12. The molecule has 0 aliphatic rings. The fourth-order valence-electron chi connectivity index (χ4n) is 1.22. The molecule has 0 aliphatic carbocycles. The summed E-state index contributed by atoms with van der Waals surface area (Å²) in [6.07, 6.45) is 0.141. The van der Waals surface area contributed by atoms with Crippen LogP contribution in [-0.4, -0.2) is 53.2 Å². The topological polar surface area (TPSA) is 145 Å². The maximum Gasteiger partial charge on any atom is 0.326 e. The van der Waals surface area contributed by atoms with Gasteiger partial charge in [0.2, 0.25) is 5.91 Å². The predicted octanol–water partition coefficient (Wildman–Crippen LogP) is -0.870. The molecule has 114 valence electrons. The van der Waals surface area contributed by atoms with Crippen LogP contribution < -0.4 is 16.0 Å². The summed E-state index contributed by atoms with van der Waals surface area (Å²) in [5.41, 5.74) is 0. The molecule has 5 N–H and O–H groups in total. The van der Waals surface area contributed by atoms with E-state index in [1.54, 1.807) is 0 Å². The molecular weight excluding hydrogens is 270 g/mol. The Morgan fingerprint density at radius 1 is 1.10 bits per heavy atom. The smallest absolute Gasteiger partial charge is 0.326 e. The normalized spacial score (nSPS) is 11.2. The quantitative estimate of drug-likeness (QED) is 0.373. The number of urea groups is 1. The summed E-state index contributed by atoms with van der Waals surface area (Å²) in [5, 5.41) is 24.1. The average molecular weight is 289 g/mol. The van der Waals surface area contributed by atoms with Gasteiger partial charge in [0.1, 0.15) is 6.04 Å². The van der Waals surface area contributed by atoms with Crippen molar-refractivity contribution in [3.63, 3.8) is 0 Å². The Morgan fingerprint density at radius 3 is 2.25 bits per heavy atom. The molecule has 0 unspecified atom stereocenters. The van der Waals surface area contributed by atoms with Crippen LogP contribution in [0.1, 0.15) is 26.2 Å². The minimum Gasteiger partial charge on any atom is -0.481 e. The maximum absolute atomic E-state index is 11.4. The molecule has 0 rings (SSSR count). The number of amides is 3. The summed E-state index contributed by atoms with van der Waals surface area (Å²) in [4.78, 5) is 43.7. The van der Waals surface area contributed by atoms with Crippen molar-refractivity contribution in [1.29, 1.82) is 0 Å². The van der Waals surface area contributed by atoms with Crippen molar-refractivity contribution in [2.75, 3.05) is 13.1 Å². The fraction of sp³-hybridized carbons (Fsp3) is 0.636. The Balaban J connectivity index is 4.10. The van der Waals surface area contributed by atoms with Gasteiger partial charge in [0.25, 0.3) is 0 Å². The SMILES string of the molecule is CCCNC(=O)CNC(=O)N[C@@H](CCC(=O)O)C(=O)O. The van der Waals surface area contributed by atoms with Gasteiger partial charge in [-0.25, -0.2) is 9.59 Å². The third-order valence-electron chi connectivity index (χ3n) is 2.23. The second-order valence-corrected chi connectivity index (χ2v) is 4.00. The predicted molar refractivity (Wildman–Crippen MR) is 68.1 cm³/mol. The molecule has 9 heteroatoms. The molecule has 0 radical (unpaired) electrons. The minimum atomic E-state index is -1.34. The van der Waals surface area contributed by atoms with Gasteiger partial charge in [0, 0.05) is 13.0 Å². The maximum atomic E-state index is 11.4. The fourth-order valence-corrected chi connectivity index (χ4v) is 1.22. The highest BCUT2D eigenvalue weighted by Gasteiger charge is 2.20. The van der Waals surface area contributed by atoms with Crippen molar-refractivity contribution in [2.24, 2.45) is 0 Å². The van der Waals surface area contributed by atoms with E-state index >= 15 is 0 Å². The number of carboxylic acid groups (broad SMARTS) is 2. The molecule has 3 amide bonds. The molecule has 0 fully saturated rings. The van der Waals surface area contributed by atoms with Gasteiger partial charge in [0.05, 0.1) is 6.54 Å². The van der Waals surface area contributed by atoms with Crippen LogP contribution >= 0.6 is 0 Å². The summed E-state index contributed by atoms with van der Waals surface area (Å²) in [5.74, 6) is -2.88. The van der Waals surface area contributed by atoms with E-state index in [2.05, 4.69) is 16.0 Å². The van der Waals surface area contributed by atoms with Crippen molar-refractivity contribution in [1.82, 2.24) is 16.0 Å². The van der Waals surface area contributed by atoms with Gasteiger partial charge in [-0.1, -0.05) is 6.92 Å². The standard InChI is InChI=1S/C11H19N3O6/c1-2-5-12-8(15)6-13-11(20)14-7(10(18)19)3-4-9(16)17/h7H,2-6H2,1H3,(H,12,15)(H,16,17)(H,18,19)(H2,13,14,20)/t7-/m0/s1. The number of hydrogen-bond donors (Lipinski definition) is 5. The molecule has 0 aromatic carbocycles. The zero-order valence-electron chi connectivity index (χ0n) is 11.1. The van der Waals surface area contributed by atoms with Crippen molar-refractivity contribution < 1.29 is 29.4 Å². The second kappa shape index (κ2) is 9.59. The number of rotatable bonds is 9. The largest absolute Gasteiger partial charge is 0.481 e. The van der Waals surface area contributed by atoms with E-state index in [4.69, 9.17) is 10.2 Å². The van der Waals surface area contributed by atoms with E-state index in [-0.39, 0.29) is 25.3 Å². The highest BCUT2D eigenvalue weighted by molar-refractivity contribution is 5.86. The Hall–Kier alpha value is -2.32. The van der Waals surface area contributed by atoms with Gasteiger partial charge in [-0.05, 0) is 12.8 Å². The number of carbonyl (C=O) groups excluding carboxylic acids is 2. The van der Waals surface area contributed by atoms with Crippen molar-refractivity contribution >= 4 is 23.9 Å². The average Bonchev–Trinajstić information content (AvgIpc) is 2.38. The summed E-state index contributed by atoms with van der Waals surface area (Å²) >= 11 is 0. The zero-order valence-corrected chi connectivity index (χ0v) is 11.1. The van der Waals surface area contributed by atoms with Crippen LogP contribution in [0, 0.1) is 0 Å². The molecule has 20 heavy (non-hydrogen) atoms. The first-order valence-electron chi connectivity index (χ1n) is 6.12. The number of carboxylic acids is 2. The third kappa shape index (κ3) is 8.72. The first kappa shape index (κ1) is 17.7. The van der Waals surface area contributed by atoms with E-state index in [9.17, 15) is 19.2 Å². The van der Waals surface area contributed by atoms with E-state index < -0.39 is 24.0 Å². The van der Waals surface area contributed by atoms with Crippen molar-refractivity contribution in [2.45, 2.75) is 32.2 Å². The van der Waals surface area contributed by atoms with Gasteiger partial charge in [-0.15, -0.1) is 0 Å². The highest BCUT2D eigenvalue weighted by atomic mass is 16.4. The summed E-state index contributed by atoms with van der Waals surface area (Å²) in [6.45, 7) is 2.08. The number of carbonyl (C=O) groups is 4. The number of aliphatic carboxylic acids is 2. The van der Waals surface area contributed by atoms with Crippen LogP contribution in [0.2, 0.25) is 0 Å². The molecule has 0 heterocycles. The van der Waals surface area contributed by atoms with Crippen LogP contribution in [0.15, 0.2) is 0 Å². The highest BCUT2D eigenvalue weighted by Crippen LogP contribution is 1.97. The molecule has 0 aromatic rings. The molecule has 0 aliphatic heterocycles. The lowest BCUT2D eigenvalue weighted by atomic mass is 10.1. The summed E-state index contributed by atoms with van der Waals surface area (Å²) in [6, 6.07) is -2.15. The lowest BCUT2D eigenvalue weighted by Gasteiger charge is -2.14. The molecule has 0 saturated heterocycles. The van der Waals surface area contributed by atoms with E-state index in [0.717, 1.165) is 6.42 Å². The molecule has 9 nitrogen and oxygen atoms in total. The second-order valence-electron chi connectivity index (χ2n) is 4.00. The van der Waals surface area contributed by atoms with Crippen LogP contribution in [0.4, 0.5) is 4.79 Å². The number of hydrogen-bond acceptors (Lipinski definition) is 4. The Bertz CT molecular complexity index is 371. The molecule has 1 atom stereocenters. The van der Waals surface area contributed by atoms with E-state index in [0.29, 0.717) is 6.54 Å². The van der Waals surface area contributed by atoms with Crippen LogP contribution in [0.25, 0.3) is 0 Å². The first-order chi connectivity index (χ1) is 9.36. The van der Waals surface area contributed by atoms with E-state index in [1.807, 2.05) is 6.92 Å². The molecule has 0 spiro atoms. The van der Waals surface area contributed by atoms with Gasteiger partial charge in [0.15, 0.2) is 0 Å². The van der Waals surface area contributed by atoms with Gasteiger partial charge < -0.3 is 26.2 Å². The van der Waals surface area contributed by atoms with Crippen LogP contribution in [-0.2, 0) is 14.4 Å². The lowest BCUT2D eigenvalue weighted by Crippen LogP contribution is -2.48. The Labute approximate surface area is 115 Å². The monoisotopic (exact) mass is 289 g/mol. The molecule has 0 bridgehead atoms.